The van der Waals surface area contributed by atoms with E-state index >= 15 is 0 Å². The predicted octanol–water partition coefficient (Wildman–Crippen LogP) is 3.57. The van der Waals surface area contributed by atoms with Gasteiger partial charge in [-0.1, -0.05) is 23.9 Å². The Labute approximate surface area is 136 Å². The number of carbonyl (C=O) groups is 1. The summed E-state index contributed by atoms with van der Waals surface area (Å²) < 4.78 is 16.6. The third-order valence-electron chi connectivity index (χ3n) is 3.47. The summed E-state index contributed by atoms with van der Waals surface area (Å²) in [6.45, 7) is 1.04. The van der Waals surface area contributed by atoms with Gasteiger partial charge in [0.1, 0.15) is 18.7 Å². The fraction of sp³-hybridized carbons (Fsp3) is 0.176. The molecular formula is C17H13NO4S. The topological polar surface area (TPSA) is 61.6 Å². The molecule has 4 rings (SSSR count). The van der Waals surface area contributed by atoms with E-state index in [1.807, 2.05) is 24.3 Å². The van der Waals surface area contributed by atoms with Crippen molar-refractivity contribution in [1.82, 2.24) is 4.98 Å². The molecule has 1 aliphatic rings. The number of Topliss-reactive ketones (excluding diaryl/α,β-unsaturated/α-hetero) is 1. The largest absolute Gasteiger partial charge is 0.486 e. The summed E-state index contributed by atoms with van der Waals surface area (Å²) in [6, 6.07) is 12.8. The number of ether oxygens (including phenoxy) is 2. The average Bonchev–Trinajstić information content (AvgIpc) is 3.02. The first-order valence-electron chi connectivity index (χ1n) is 7.21. The van der Waals surface area contributed by atoms with Crippen LogP contribution >= 0.6 is 11.8 Å². The molecule has 0 atom stereocenters. The highest BCUT2D eigenvalue weighted by Crippen LogP contribution is 2.31. The van der Waals surface area contributed by atoms with Crippen LogP contribution in [0.1, 0.15) is 10.4 Å². The number of hydrogen-bond donors (Lipinski definition) is 0. The van der Waals surface area contributed by atoms with Crippen molar-refractivity contribution in [2.75, 3.05) is 19.0 Å². The van der Waals surface area contributed by atoms with Crippen LogP contribution in [0.3, 0.4) is 0 Å². The van der Waals surface area contributed by atoms with Crippen LogP contribution < -0.4 is 9.47 Å². The van der Waals surface area contributed by atoms with Crippen LogP contribution in [0, 0.1) is 0 Å². The maximum atomic E-state index is 12.3. The summed E-state index contributed by atoms with van der Waals surface area (Å²) in [6.07, 6.45) is 0. The van der Waals surface area contributed by atoms with Gasteiger partial charge in [-0.3, -0.25) is 4.79 Å². The van der Waals surface area contributed by atoms with E-state index < -0.39 is 0 Å². The number of benzene rings is 2. The normalized spacial score (nSPS) is 13.2. The summed E-state index contributed by atoms with van der Waals surface area (Å²) in [5.41, 5.74) is 2.11. The Morgan fingerprint density at radius 1 is 1.09 bits per heavy atom. The molecule has 0 N–H and O–H groups in total. The first-order valence-corrected chi connectivity index (χ1v) is 8.19. The quantitative estimate of drug-likeness (QED) is 0.539. The van der Waals surface area contributed by atoms with Gasteiger partial charge in [-0.05, 0) is 30.3 Å². The van der Waals surface area contributed by atoms with Crippen molar-refractivity contribution >= 4 is 28.6 Å². The lowest BCUT2D eigenvalue weighted by atomic mass is 10.1. The number of ketones is 1. The van der Waals surface area contributed by atoms with Crippen molar-refractivity contribution in [3.8, 4) is 11.5 Å². The number of nitrogens with zero attached hydrogens (tertiary/aromatic N) is 1. The summed E-state index contributed by atoms with van der Waals surface area (Å²) >= 11 is 1.29. The fourth-order valence-corrected chi connectivity index (χ4v) is 3.07. The molecule has 0 aliphatic carbocycles. The van der Waals surface area contributed by atoms with Gasteiger partial charge < -0.3 is 13.9 Å². The molecule has 116 valence electrons. The third kappa shape index (κ3) is 2.90. The lowest BCUT2D eigenvalue weighted by Gasteiger charge is -2.18. The molecule has 6 heteroatoms. The van der Waals surface area contributed by atoms with Crippen molar-refractivity contribution < 1.29 is 18.7 Å². The van der Waals surface area contributed by atoms with Gasteiger partial charge in [0.05, 0.1) is 5.75 Å². The summed E-state index contributed by atoms with van der Waals surface area (Å²) in [5.74, 6) is 1.55. The molecule has 0 fully saturated rings. The molecule has 2 heterocycles. The molecule has 0 saturated carbocycles. The Hall–Kier alpha value is -2.47. The van der Waals surface area contributed by atoms with E-state index in [4.69, 9.17) is 13.9 Å². The molecule has 0 bridgehead atoms. The molecule has 0 unspecified atom stereocenters. The number of rotatable bonds is 4. The fourth-order valence-electron chi connectivity index (χ4n) is 2.34. The van der Waals surface area contributed by atoms with Gasteiger partial charge in [0, 0.05) is 5.56 Å². The summed E-state index contributed by atoms with van der Waals surface area (Å²) in [4.78, 5) is 16.7. The Balaban J connectivity index is 1.47. The number of para-hydroxylation sites is 2. The maximum Gasteiger partial charge on any atom is 0.257 e. The molecule has 1 aliphatic heterocycles. The average molecular weight is 327 g/mol. The van der Waals surface area contributed by atoms with Crippen LogP contribution in [0.5, 0.6) is 11.5 Å². The molecule has 0 radical (unpaired) electrons. The van der Waals surface area contributed by atoms with Crippen LogP contribution in [-0.2, 0) is 0 Å². The van der Waals surface area contributed by atoms with Crippen LogP contribution in [-0.4, -0.2) is 29.7 Å². The molecular weight excluding hydrogens is 314 g/mol. The van der Waals surface area contributed by atoms with E-state index in [1.165, 1.54) is 11.8 Å². The highest BCUT2D eigenvalue weighted by Gasteiger charge is 2.16. The van der Waals surface area contributed by atoms with Crippen LogP contribution in [0.4, 0.5) is 0 Å². The third-order valence-corrected chi connectivity index (χ3v) is 4.29. The van der Waals surface area contributed by atoms with Gasteiger partial charge >= 0.3 is 0 Å². The Morgan fingerprint density at radius 3 is 2.78 bits per heavy atom. The Morgan fingerprint density at radius 2 is 1.91 bits per heavy atom. The van der Waals surface area contributed by atoms with Gasteiger partial charge in [-0.25, -0.2) is 4.98 Å². The number of carbonyl (C=O) groups excluding carboxylic acids is 1. The molecule has 3 aromatic rings. The van der Waals surface area contributed by atoms with Gasteiger partial charge in [0.15, 0.2) is 22.9 Å². The van der Waals surface area contributed by atoms with E-state index in [9.17, 15) is 4.79 Å². The van der Waals surface area contributed by atoms with Crippen molar-refractivity contribution in [1.29, 1.82) is 0 Å². The second-order valence-electron chi connectivity index (χ2n) is 5.02. The minimum atomic E-state index is -0.00534. The molecule has 0 saturated heterocycles. The SMILES string of the molecule is O=C(CSc1nc2ccccc2o1)c1ccc2c(c1)OCCO2. The highest BCUT2D eigenvalue weighted by atomic mass is 32.2. The highest BCUT2D eigenvalue weighted by molar-refractivity contribution is 7.99. The van der Waals surface area contributed by atoms with Crippen LogP contribution in [0.15, 0.2) is 52.1 Å². The molecule has 2 aromatic carbocycles. The van der Waals surface area contributed by atoms with Crippen LogP contribution in [0.25, 0.3) is 11.1 Å². The number of aromatic nitrogens is 1. The van der Waals surface area contributed by atoms with Gasteiger partial charge in [-0.2, -0.15) is 0 Å². The summed E-state index contributed by atoms with van der Waals surface area (Å²) in [5, 5.41) is 0.497. The number of thioether (sulfide) groups is 1. The van der Waals surface area contributed by atoms with Crippen LogP contribution in [0.2, 0.25) is 0 Å². The molecule has 23 heavy (non-hydrogen) atoms. The van der Waals surface area contributed by atoms with Crippen molar-refractivity contribution in [2.24, 2.45) is 0 Å². The minimum absolute atomic E-state index is 0.00534. The molecule has 0 amide bonds. The minimum Gasteiger partial charge on any atom is -0.486 e. The van der Waals surface area contributed by atoms with Crippen molar-refractivity contribution in [3.63, 3.8) is 0 Å². The lowest BCUT2D eigenvalue weighted by Crippen LogP contribution is -2.16. The predicted molar refractivity (Wildman–Crippen MR) is 86.5 cm³/mol. The van der Waals surface area contributed by atoms with E-state index in [-0.39, 0.29) is 11.5 Å². The Bertz CT molecular complexity index is 841. The smallest absolute Gasteiger partial charge is 0.257 e. The number of fused-ring (bicyclic) bond motifs is 2. The second-order valence-corrected chi connectivity index (χ2v) is 5.94. The molecule has 1 aromatic heterocycles. The zero-order chi connectivity index (χ0) is 15.6. The number of oxazole rings is 1. The Kier molecular flexibility index (Phi) is 3.67. The van der Waals surface area contributed by atoms with E-state index in [2.05, 4.69) is 4.98 Å². The summed E-state index contributed by atoms with van der Waals surface area (Å²) in [7, 11) is 0. The molecule has 0 spiro atoms. The monoisotopic (exact) mass is 327 g/mol. The maximum absolute atomic E-state index is 12.3. The lowest BCUT2D eigenvalue weighted by molar-refractivity contribution is 0.102. The standard InChI is InChI=1S/C17H13NO4S/c19-13(11-5-6-15-16(9-11)21-8-7-20-15)10-23-17-18-12-3-1-2-4-14(12)22-17/h1-6,9H,7-8,10H2. The first kappa shape index (κ1) is 14.1. The van der Waals surface area contributed by atoms with E-state index in [1.54, 1.807) is 18.2 Å². The van der Waals surface area contributed by atoms with Crippen molar-refractivity contribution in [3.05, 3.63) is 48.0 Å². The van der Waals surface area contributed by atoms with Gasteiger partial charge in [-0.15, -0.1) is 0 Å². The van der Waals surface area contributed by atoms with E-state index in [0.717, 1.165) is 11.1 Å². The molecule has 5 nitrogen and oxygen atoms in total. The van der Waals surface area contributed by atoms with Gasteiger partial charge in [0.25, 0.3) is 5.22 Å². The number of hydrogen-bond acceptors (Lipinski definition) is 6. The first-order chi connectivity index (χ1) is 11.3. The zero-order valence-corrected chi connectivity index (χ0v) is 13.0. The van der Waals surface area contributed by atoms with E-state index in [0.29, 0.717) is 35.5 Å². The zero-order valence-electron chi connectivity index (χ0n) is 12.2. The van der Waals surface area contributed by atoms with Crippen molar-refractivity contribution in [2.45, 2.75) is 5.22 Å². The van der Waals surface area contributed by atoms with Gasteiger partial charge in [0.2, 0.25) is 0 Å². The second kappa shape index (κ2) is 5.96.